The summed E-state index contributed by atoms with van der Waals surface area (Å²) in [7, 11) is 0. The van der Waals surface area contributed by atoms with Gasteiger partial charge in [0.05, 0.1) is 17.1 Å². The average molecular weight is 367 g/mol. The number of benzene rings is 1. The molecule has 2 aromatic rings. The van der Waals surface area contributed by atoms with E-state index in [1.54, 1.807) is 6.92 Å². The van der Waals surface area contributed by atoms with Gasteiger partial charge in [-0.15, -0.1) is 0 Å². The Kier molecular flexibility index (Phi) is 5.12. The monoisotopic (exact) mass is 367 g/mol. The summed E-state index contributed by atoms with van der Waals surface area (Å²) in [5.41, 5.74) is 1.85. The molecule has 1 aliphatic heterocycles. The minimum atomic E-state index is -0.662. The maximum atomic E-state index is 12.7. The molecule has 3 N–H and O–H groups in total. The third-order valence-electron chi connectivity index (χ3n) is 4.55. The summed E-state index contributed by atoms with van der Waals surface area (Å²) in [6.45, 7) is 7.37. The van der Waals surface area contributed by atoms with Gasteiger partial charge in [0.1, 0.15) is 12.4 Å². The predicted octanol–water partition coefficient (Wildman–Crippen LogP) is 2.19. The normalized spacial score (nSPS) is 15.7. The number of aromatic nitrogens is 2. The van der Waals surface area contributed by atoms with Crippen molar-refractivity contribution < 1.29 is 9.53 Å². The third kappa shape index (κ3) is 3.48. The highest BCUT2D eigenvalue weighted by molar-refractivity contribution is 5.94. The topological polar surface area (TPSA) is 104 Å². The van der Waals surface area contributed by atoms with Gasteiger partial charge in [0.2, 0.25) is 0 Å². The number of fused-ring (bicyclic) bond motifs is 1. The van der Waals surface area contributed by atoms with E-state index in [1.165, 1.54) is 6.08 Å². The summed E-state index contributed by atoms with van der Waals surface area (Å²) in [4.78, 5) is 41.8. The molecular weight excluding hydrogens is 346 g/mol. The highest BCUT2D eigenvalue weighted by atomic mass is 16.5. The van der Waals surface area contributed by atoms with Crippen LogP contribution in [0, 0.1) is 0 Å². The van der Waals surface area contributed by atoms with Gasteiger partial charge in [0.25, 0.3) is 5.56 Å². The first-order valence-corrected chi connectivity index (χ1v) is 8.67. The Labute approximate surface area is 155 Å². The minimum Gasteiger partial charge on any atom is -0.458 e. The molecule has 140 valence electrons. The summed E-state index contributed by atoms with van der Waals surface area (Å²) < 4.78 is 5.24. The van der Waals surface area contributed by atoms with Crippen molar-refractivity contribution in [2.75, 3.05) is 11.9 Å². The number of aryl methyl sites for hydroxylation is 1. The molecule has 2 heterocycles. The fraction of sp³-hybridized carbons (Fsp3) is 0.250. The zero-order chi connectivity index (χ0) is 19.6. The van der Waals surface area contributed by atoms with E-state index >= 15 is 0 Å². The second-order valence-corrected chi connectivity index (χ2v) is 6.28. The fourth-order valence-electron chi connectivity index (χ4n) is 3.25. The Balaban J connectivity index is 2.21. The second kappa shape index (κ2) is 7.49. The van der Waals surface area contributed by atoms with Crippen LogP contribution in [0.4, 0.5) is 5.82 Å². The van der Waals surface area contributed by atoms with Crippen molar-refractivity contribution >= 4 is 11.8 Å². The van der Waals surface area contributed by atoms with Crippen LogP contribution in [-0.4, -0.2) is 22.5 Å². The quantitative estimate of drug-likeness (QED) is 0.555. The molecule has 0 bridgehead atoms. The molecule has 3 rings (SSSR count). The van der Waals surface area contributed by atoms with Crippen LogP contribution in [0.3, 0.4) is 0 Å². The first kappa shape index (κ1) is 18.4. The van der Waals surface area contributed by atoms with Crippen LogP contribution >= 0.6 is 0 Å². The van der Waals surface area contributed by atoms with Crippen LogP contribution in [0.2, 0.25) is 0 Å². The van der Waals surface area contributed by atoms with E-state index in [2.05, 4.69) is 21.9 Å². The molecule has 0 radical (unpaired) electrons. The summed E-state index contributed by atoms with van der Waals surface area (Å²) in [5.74, 6) is -0.920. The average Bonchev–Trinajstić information content (AvgIpc) is 2.64. The Morgan fingerprint density at radius 3 is 2.56 bits per heavy atom. The van der Waals surface area contributed by atoms with Gasteiger partial charge in [-0.05, 0) is 24.5 Å². The molecule has 0 fully saturated rings. The van der Waals surface area contributed by atoms with Crippen molar-refractivity contribution in [1.82, 2.24) is 9.97 Å². The van der Waals surface area contributed by atoms with Gasteiger partial charge in [-0.3, -0.25) is 14.8 Å². The van der Waals surface area contributed by atoms with E-state index in [4.69, 9.17) is 4.74 Å². The van der Waals surface area contributed by atoms with Gasteiger partial charge < -0.3 is 10.1 Å². The van der Waals surface area contributed by atoms with Crippen molar-refractivity contribution in [3.05, 3.63) is 85.7 Å². The number of aromatic amines is 2. The molecule has 0 aliphatic carbocycles. The number of rotatable bonds is 5. The number of anilines is 1. The standard InChI is InChI=1S/C20H21N3O4/c1-4-10-27-19(25)14-11(3)21-17-16(18(24)23-20(26)22-17)15(14)13-8-6-12(5-2)7-9-13/h4,6-9,15H,1,5,10H2,2-3H3,(H3,21,22,23,24,26)/t15-/m0/s1. The lowest BCUT2D eigenvalue weighted by Crippen LogP contribution is -2.35. The van der Waals surface area contributed by atoms with E-state index in [9.17, 15) is 14.4 Å². The van der Waals surface area contributed by atoms with Crippen LogP contribution in [0.5, 0.6) is 0 Å². The molecule has 0 saturated carbocycles. The van der Waals surface area contributed by atoms with E-state index in [0.717, 1.165) is 17.5 Å². The van der Waals surface area contributed by atoms with Crippen molar-refractivity contribution in [2.45, 2.75) is 26.2 Å². The molecule has 0 spiro atoms. The van der Waals surface area contributed by atoms with Crippen molar-refractivity contribution in [1.29, 1.82) is 0 Å². The summed E-state index contributed by atoms with van der Waals surface area (Å²) >= 11 is 0. The molecule has 0 amide bonds. The summed E-state index contributed by atoms with van der Waals surface area (Å²) in [6.07, 6.45) is 2.35. The van der Waals surface area contributed by atoms with Crippen LogP contribution in [0.15, 0.2) is 57.8 Å². The summed E-state index contributed by atoms with van der Waals surface area (Å²) in [5, 5.41) is 2.95. The Hall–Kier alpha value is -3.35. The zero-order valence-electron chi connectivity index (χ0n) is 15.2. The molecule has 1 atom stereocenters. The number of nitrogens with one attached hydrogen (secondary N) is 3. The van der Waals surface area contributed by atoms with Gasteiger partial charge in [0, 0.05) is 5.70 Å². The zero-order valence-corrected chi connectivity index (χ0v) is 15.2. The van der Waals surface area contributed by atoms with Crippen molar-refractivity contribution in [3.8, 4) is 0 Å². The van der Waals surface area contributed by atoms with Gasteiger partial charge in [-0.25, -0.2) is 9.59 Å². The molecule has 0 unspecified atom stereocenters. The first-order valence-electron chi connectivity index (χ1n) is 8.67. The minimum absolute atomic E-state index is 0.0615. The number of carbonyl (C=O) groups excluding carboxylic acids is 1. The lowest BCUT2D eigenvalue weighted by Gasteiger charge is -2.28. The van der Waals surface area contributed by atoms with E-state index in [0.29, 0.717) is 11.3 Å². The van der Waals surface area contributed by atoms with E-state index in [-0.39, 0.29) is 18.0 Å². The molecule has 7 heteroatoms. The van der Waals surface area contributed by atoms with Gasteiger partial charge >= 0.3 is 11.7 Å². The lowest BCUT2D eigenvalue weighted by molar-refractivity contribution is -0.138. The smallest absolute Gasteiger partial charge is 0.337 e. The largest absolute Gasteiger partial charge is 0.458 e. The van der Waals surface area contributed by atoms with E-state index < -0.39 is 23.1 Å². The number of hydrogen-bond acceptors (Lipinski definition) is 5. The van der Waals surface area contributed by atoms with Gasteiger partial charge in [-0.2, -0.15) is 0 Å². The van der Waals surface area contributed by atoms with Crippen LogP contribution in [-0.2, 0) is 16.0 Å². The maximum absolute atomic E-state index is 12.7. The van der Waals surface area contributed by atoms with Crippen molar-refractivity contribution in [3.63, 3.8) is 0 Å². The van der Waals surface area contributed by atoms with Gasteiger partial charge in [-0.1, -0.05) is 43.8 Å². The number of H-pyrrole nitrogens is 2. The Morgan fingerprint density at radius 2 is 1.93 bits per heavy atom. The van der Waals surface area contributed by atoms with Crippen LogP contribution < -0.4 is 16.6 Å². The fourth-order valence-corrected chi connectivity index (χ4v) is 3.25. The molecule has 1 aromatic carbocycles. The molecular formula is C20H21N3O4. The maximum Gasteiger partial charge on any atom is 0.337 e. The highest BCUT2D eigenvalue weighted by Crippen LogP contribution is 2.39. The van der Waals surface area contributed by atoms with Crippen LogP contribution in [0.1, 0.15) is 36.5 Å². The van der Waals surface area contributed by atoms with Gasteiger partial charge in [0.15, 0.2) is 0 Å². The Morgan fingerprint density at radius 1 is 1.22 bits per heavy atom. The third-order valence-corrected chi connectivity index (χ3v) is 4.55. The van der Waals surface area contributed by atoms with Crippen molar-refractivity contribution in [2.24, 2.45) is 0 Å². The molecule has 0 saturated heterocycles. The first-order chi connectivity index (χ1) is 13.0. The molecule has 1 aliphatic rings. The van der Waals surface area contributed by atoms with E-state index in [1.807, 2.05) is 31.2 Å². The SMILES string of the molecule is C=CCOC(=O)C1=C(C)Nc2[nH]c(=O)[nH]c(=O)c2[C@H]1c1ccc(CC)cc1. The van der Waals surface area contributed by atoms with Crippen LogP contribution in [0.25, 0.3) is 0 Å². The number of carbonyl (C=O) groups is 1. The Bertz CT molecular complexity index is 1030. The predicted molar refractivity (Wildman–Crippen MR) is 103 cm³/mol. The molecule has 7 nitrogen and oxygen atoms in total. The summed E-state index contributed by atoms with van der Waals surface area (Å²) in [6, 6.07) is 7.69. The highest BCUT2D eigenvalue weighted by Gasteiger charge is 2.35. The molecule has 1 aromatic heterocycles. The number of ether oxygens (including phenoxy) is 1. The number of esters is 1. The number of allylic oxidation sites excluding steroid dienone is 1. The second-order valence-electron chi connectivity index (χ2n) is 6.28. The molecule has 27 heavy (non-hydrogen) atoms. The lowest BCUT2D eigenvalue weighted by atomic mass is 9.82. The number of hydrogen-bond donors (Lipinski definition) is 3.